The van der Waals surface area contributed by atoms with E-state index < -0.39 is 5.92 Å². The molecule has 0 spiro atoms. The lowest BCUT2D eigenvalue weighted by molar-refractivity contribution is -0.121. The number of nitrogens with one attached hydrogen (secondary N) is 1. The van der Waals surface area contributed by atoms with E-state index in [-0.39, 0.29) is 5.91 Å². The zero-order chi connectivity index (χ0) is 20.3. The van der Waals surface area contributed by atoms with Crippen molar-refractivity contribution in [3.05, 3.63) is 108 Å². The topological polar surface area (TPSA) is 41.5 Å². The van der Waals surface area contributed by atoms with Crippen LogP contribution in [-0.2, 0) is 4.79 Å². The number of carbonyl (C=O) groups excluding carboxylic acids is 1. The number of carbonyl (C=O) groups is 1. The maximum atomic E-state index is 13.2. The van der Waals surface area contributed by atoms with Gasteiger partial charge in [-0.1, -0.05) is 111 Å². The summed E-state index contributed by atoms with van der Waals surface area (Å²) in [5.74, 6) is -0.514. The van der Waals surface area contributed by atoms with Crippen LogP contribution in [0.2, 0.25) is 0 Å². The van der Waals surface area contributed by atoms with Crippen LogP contribution in [0.15, 0.2) is 96.1 Å². The van der Waals surface area contributed by atoms with Gasteiger partial charge in [0.1, 0.15) is 0 Å². The highest BCUT2D eigenvalue weighted by molar-refractivity contribution is 6.01. The Hall–Kier alpha value is -3.20. The highest BCUT2D eigenvalue weighted by atomic mass is 16.2. The van der Waals surface area contributed by atoms with Crippen molar-refractivity contribution < 1.29 is 4.79 Å². The molecule has 3 aromatic rings. The van der Waals surface area contributed by atoms with Gasteiger partial charge in [0, 0.05) is 0 Å². The number of unbranched alkanes of at least 4 members (excludes halogenated alkanes) is 2. The van der Waals surface area contributed by atoms with Crippen LogP contribution in [0, 0.1) is 0 Å². The first-order chi connectivity index (χ1) is 14.3. The van der Waals surface area contributed by atoms with Crippen molar-refractivity contribution >= 4 is 11.6 Å². The van der Waals surface area contributed by atoms with E-state index in [4.69, 9.17) is 0 Å². The van der Waals surface area contributed by atoms with E-state index in [0.717, 1.165) is 48.1 Å². The van der Waals surface area contributed by atoms with Gasteiger partial charge in [0.05, 0.1) is 11.6 Å². The molecule has 0 heterocycles. The SMILES string of the molecule is CCCCC/C(=N/NC(=O)C(c1ccccc1)c1ccccc1)c1ccccc1. The van der Waals surface area contributed by atoms with E-state index in [9.17, 15) is 4.79 Å². The van der Waals surface area contributed by atoms with Crippen molar-refractivity contribution in [3.8, 4) is 0 Å². The summed E-state index contributed by atoms with van der Waals surface area (Å²) >= 11 is 0. The second kappa shape index (κ2) is 11.0. The van der Waals surface area contributed by atoms with Gasteiger partial charge in [-0.25, -0.2) is 5.43 Å². The molecule has 3 heteroatoms. The molecule has 148 valence electrons. The molecule has 0 aliphatic heterocycles. The van der Waals surface area contributed by atoms with Crippen LogP contribution in [0.3, 0.4) is 0 Å². The quantitative estimate of drug-likeness (QED) is 0.278. The van der Waals surface area contributed by atoms with E-state index in [0.29, 0.717) is 0 Å². The summed E-state index contributed by atoms with van der Waals surface area (Å²) in [7, 11) is 0. The molecular formula is C26H28N2O. The number of hydrogen-bond acceptors (Lipinski definition) is 2. The minimum Gasteiger partial charge on any atom is -0.272 e. The van der Waals surface area contributed by atoms with Crippen molar-refractivity contribution in [1.29, 1.82) is 0 Å². The van der Waals surface area contributed by atoms with Crippen LogP contribution in [0.25, 0.3) is 0 Å². The van der Waals surface area contributed by atoms with E-state index in [1.54, 1.807) is 0 Å². The predicted molar refractivity (Wildman–Crippen MR) is 120 cm³/mol. The minimum atomic E-state index is -0.395. The maximum Gasteiger partial charge on any atom is 0.252 e. The zero-order valence-corrected chi connectivity index (χ0v) is 16.9. The molecule has 3 nitrogen and oxygen atoms in total. The first kappa shape index (κ1) is 20.5. The lowest BCUT2D eigenvalue weighted by Gasteiger charge is -2.17. The Morgan fingerprint density at radius 2 is 1.31 bits per heavy atom. The van der Waals surface area contributed by atoms with Gasteiger partial charge in [-0.05, 0) is 29.5 Å². The monoisotopic (exact) mass is 384 g/mol. The number of rotatable bonds is 9. The molecule has 0 fully saturated rings. The summed E-state index contributed by atoms with van der Waals surface area (Å²) in [6.07, 6.45) is 4.20. The average Bonchev–Trinajstić information content (AvgIpc) is 2.78. The third-order valence-corrected chi connectivity index (χ3v) is 4.95. The third kappa shape index (κ3) is 5.89. The predicted octanol–water partition coefficient (Wildman–Crippen LogP) is 5.92. The Labute approximate surface area is 173 Å². The lowest BCUT2D eigenvalue weighted by Crippen LogP contribution is -2.27. The van der Waals surface area contributed by atoms with E-state index in [1.165, 1.54) is 0 Å². The van der Waals surface area contributed by atoms with Gasteiger partial charge in [0.2, 0.25) is 0 Å². The molecule has 1 N–H and O–H groups in total. The molecule has 0 aliphatic rings. The van der Waals surface area contributed by atoms with Crippen LogP contribution in [0.4, 0.5) is 0 Å². The van der Waals surface area contributed by atoms with Crippen molar-refractivity contribution in [3.63, 3.8) is 0 Å². The van der Waals surface area contributed by atoms with Crippen LogP contribution in [0.1, 0.15) is 55.2 Å². The van der Waals surface area contributed by atoms with Crippen molar-refractivity contribution in [1.82, 2.24) is 5.43 Å². The normalized spacial score (nSPS) is 11.4. The first-order valence-corrected chi connectivity index (χ1v) is 10.3. The van der Waals surface area contributed by atoms with Gasteiger partial charge in [-0.15, -0.1) is 0 Å². The summed E-state index contributed by atoms with van der Waals surface area (Å²) in [4.78, 5) is 13.2. The van der Waals surface area contributed by atoms with Gasteiger partial charge >= 0.3 is 0 Å². The molecule has 0 aromatic heterocycles. The molecular weight excluding hydrogens is 356 g/mol. The average molecular weight is 385 g/mol. The molecule has 0 unspecified atom stereocenters. The summed E-state index contributed by atoms with van der Waals surface area (Å²) in [6.45, 7) is 2.19. The van der Waals surface area contributed by atoms with Crippen molar-refractivity contribution in [2.45, 2.75) is 38.5 Å². The smallest absolute Gasteiger partial charge is 0.252 e. The number of benzene rings is 3. The van der Waals surface area contributed by atoms with E-state index in [1.807, 2.05) is 91.0 Å². The molecule has 0 aliphatic carbocycles. The lowest BCUT2D eigenvalue weighted by atomic mass is 9.91. The Kier molecular flexibility index (Phi) is 7.76. The van der Waals surface area contributed by atoms with Gasteiger partial charge in [-0.2, -0.15) is 5.10 Å². The summed E-state index contributed by atoms with van der Waals surface area (Å²) in [6, 6.07) is 29.8. The number of nitrogens with zero attached hydrogens (tertiary/aromatic N) is 1. The fourth-order valence-corrected chi connectivity index (χ4v) is 3.41. The Morgan fingerprint density at radius 1 is 0.793 bits per heavy atom. The second-order valence-corrected chi connectivity index (χ2v) is 7.11. The van der Waals surface area contributed by atoms with Crippen LogP contribution in [-0.4, -0.2) is 11.6 Å². The number of hydrogen-bond donors (Lipinski definition) is 1. The van der Waals surface area contributed by atoms with Gasteiger partial charge in [0.15, 0.2) is 0 Å². The van der Waals surface area contributed by atoms with E-state index in [2.05, 4.69) is 17.5 Å². The fourth-order valence-electron chi connectivity index (χ4n) is 3.41. The maximum absolute atomic E-state index is 13.2. The highest BCUT2D eigenvalue weighted by Gasteiger charge is 2.22. The van der Waals surface area contributed by atoms with Crippen LogP contribution in [0.5, 0.6) is 0 Å². The molecule has 0 bridgehead atoms. The Balaban J connectivity index is 1.85. The summed E-state index contributed by atoms with van der Waals surface area (Å²) in [5.41, 5.74) is 6.75. The highest BCUT2D eigenvalue weighted by Crippen LogP contribution is 2.24. The summed E-state index contributed by atoms with van der Waals surface area (Å²) in [5, 5.41) is 4.55. The summed E-state index contributed by atoms with van der Waals surface area (Å²) < 4.78 is 0. The fraction of sp³-hybridized carbons (Fsp3) is 0.231. The van der Waals surface area contributed by atoms with Gasteiger partial charge < -0.3 is 0 Å². The first-order valence-electron chi connectivity index (χ1n) is 10.3. The standard InChI is InChI=1S/C26H28N2O/c1-2-3-7-20-24(21-14-8-4-9-15-21)27-28-26(29)25(22-16-10-5-11-17-22)23-18-12-6-13-19-23/h4-6,8-19,25H,2-3,7,20H2,1H3,(H,28,29)/b27-24-. The molecule has 3 rings (SSSR count). The molecule has 0 atom stereocenters. The zero-order valence-electron chi connectivity index (χ0n) is 16.9. The number of amides is 1. The minimum absolute atomic E-state index is 0.119. The molecule has 1 amide bonds. The van der Waals surface area contributed by atoms with E-state index >= 15 is 0 Å². The van der Waals surface area contributed by atoms with Gasteiger partial charge in [0.25, 0.3) is 5.91 Å². The van der Waals surface area contributed by atoms with Gasteiger partial charge in [-0.3, -0.25) is 4.79 Å². The van der Waals surface area contributed by atoms with Crippen molar-refractivity contribution in [2.75, 3.05) is 0 Å². The molecule has 0 radical (unpaired) electrons. The molecule has 29 heavy (non-hydrogen) atoms. The Bertz CT molecular complexity index is 866. The number of hydrazone groups is 1. The largest absolute Gasteiger partial charge is 0.272 e. The third-order valence-electron chi connectivity index (χ3n) is 4.95. The molecule has 0 saturated carbocycles. The van der Waals surface area contributed by atoms with Crippen LogP contribution >= 0.6 is 0 Å². The Morgan fingerprint density at radius 3 is 1.83 bits per heavy atom. The molecule has 0 saturated heterocycles. The van der Waals surface area contributed by atoms with Crippen LogP contribution < -0.4 is 5.43 Å². The molecule has 3 aromatic carbocycles. The second-order valence-electron chi connectivity index (χ2n) is 7.11. The van der Waals surface area contributed by atoms with Crippen molar-refractivity contribution in [2.24, 2.45) is 5.10 Å².